The minimum atomic E-state index is -0.280. The van der Waals surface area contributed by atoms with E-state index < -0.39 is 0 Å². The summed E-state index contributed by atoms with van der Waals surface area (Å²) < 4.78 is 16.3. The average molecular weight is 298 g/mol. The summed E-state index contributed by atoms with van der Waals surface area (Å²) in [6, 6.07) is 10.5. The van der Waals surface area contributed by atoms with Crippen LogP contribution in [0.1, 0.15) is 0 Å². The number of halogens is 1. The molecule has 4 nitrogen and oxygen atoms in total. The van der Waals surface area contributed by atoms with Crippen molar-refractivity contribution in [1.29, 1.82) is 0 Å². The lowest BCUT2D eigenvalue weighted by Gasteiger charge is -2.02. The number of anilines is 1. The van der Waals surface area contributed by atoms with Gasteiger partial charge in [-0.05, 0) is 30.3 Å². The molecule has 0 aliphatic rings. The highest BCUT2D eigenvalue weighted by molar-refractivity contribution is 7.22. The lowest BCUT2D eigenvalue weighted by Crippen LogP contribution is -1.92. The Balaban J connectivity index is 1.96. The van der Waals surface area contributed by atoms with E-state index in [-0.39, 0.29) is 5.82 Å². The maximum atomic E-state index is 13.3. The van der Waals surface area contributed by atoms with E-state index in [4.69, 9.17) is 5.73 Å². The van der Waals surface area contributed by atoms with Crippen molar-refractivity contribution >= 4 is 37.7 Å². The zero-order valence-electron chi connectivity index (χ0n) is 11.2. The van der Waals surface area contributed by atoms with Crippen LogP contribution in [-0.2, 0) is 7.05 Å². The molecule has 2 aromatic heterocycles. The molecule has 0 unspecified atom stereocenters. The number of nitrogens with zero attached hydrogens (tertiary/aromatic N) is 3. The third-order valence-electron chi connectivity index (χ3n) is 3.51. The summed E-state index contributed by atoms with van der Waals surface area (Å²) >= 11 is 1.45. The van der Waals surface area contributed by atoms with Crippen LogP contribution >= 0.6 is 11.3 Å². The quantitative estimate of drug-likeness (QED) is 0.584. The van der Waals surface area contributed by atoms with Crippen LogP contribution in [0.25, 0.3) is 32.6 Å². The largest absolute Gasteiger partial charge is 0.375 e. The van der Waals surface area contributed by atoms with Crippen LogP contribution in [0.15, 0.2) is 36.4 Å². The maximum Gasteiger partial charge on any atom is 0.181 e. The predicted molar refractivity (Wildman–Crippen MR) is 83.7 cm³/mol. The molecule has 4 rings (SSSR count). The smallest absolute Gasteiger partial charge is 0.181 e. The Bertz CT molecular complexity index is 986. The van der Waals surface area contributed by atoms with Crippen LogP contribution in [0.4, 0.5) is 9.52 Å². The molecule has 2 N–H and O–H groups in total. The predicted octanol–water partition coefficient (Wildman–Crippen LogP) is 3.57. The molecule has 0 aliphatic heterocycles. The van der Waals surface area contributed by atoms with Gasteiger partial charge in [-0.15, -0.1) is 0 Å². The zero-order chi connectivity index (χ0) is 14.6. The van der Waals surface area contributed by atoms with Crippen LogP contribution in [0.2, 0.25) is 0 Å². The first-order valence-electron chi connectivity index (χ1n) is 6.40. The van der Waals surface area contributed by atoms with Crippen LogP contribution in [0.3, 0.4) is 0 Å². The number of thiazole rings is 1. The number of hydrogen-bond acceptors (Lipinski definition) is 4. The van der Waals surface area contributed by atoms with Gasteiger partial charge >= 0.3 is 0 Å². The number of nitrogens with two attached hydrogens (primary N) is 1. The molecular weight excluding hydrogens is 287 g/mol. The van der Waals surface area contributed by atoms with Gasteiger partial charge < -0.3 is 10.3 Å². The number of rotatable bonds is 1. The van der Waals surface area contributed by atoms with Crippen molar-refractivity contribution in [2.75, 3.05) is 5.73 Å². The number of imidazole rings is 1. The first-order chi connectivity index (χ1) is 10.1. The van der Waals surface area contributed by atoms with E-state index in [0.29, 0.717) is 10.6 Å². The Morgan fingerprint density at radius 3 is 2.81 bits per heavy atom. The van der Waals surface area contributed by atoms with Gasteiger partial charge in [0.1, 0.15) is 11.6 Å². The summed E-state index contributed by atoms with van der Waals surface area (Å²) in [7, 11) is 1.92. The molecule has 0 radical (unpaired) electrons. The van der Waals surface area contributed by atoms with E-state index in [1.165, 1.54) is 23.5 Å². The normalized spacial score (nSPS) is 11.5. The number of aromatic nitrogens is 3. The van der Waals surface area contributed by atoms with Gasteiger partial charge in [-0.3, -0.25) is 0 Å². The van der Waals surface area contributed by atoms with Gasteiger partial charge in [0.2, 0.25) is 0 Å². The van der Waals surface area contributed by atoms with Gasteiger partial charge in [0.15, 0.2) is 5.13 Å². The number of nitrogen functional groups attached to an aromatic ring is 1. The van der Waals surface area contributed by atoms with Crippen molar-refractivity contribution in [3.05, 3.63) is 42.2 Å². The van der Waals surface area contributed by atoms with E-state index in [1.807, 2.05) is 29.8 Å². The molecule has 104 valence electrons. The summed E-state index contributed by atoms with van der Waals surface area (Å²) in [5.41, 5.74) is 9.12. The molecule has 2 aromatic carbocycles. The molecule has 0 saturated carbocycles. The van der Waals surface area contributed by atoms with Gasteiger partial charge in [-0.1, -0.05) is 11.3 Å². The van der Waals surface area contributed by atoms with Crippen molar-refractivity contribution in [3.8, 4) is 11.4 Å². The minimum absolute atomic E-state index is 0.280. The highest BCUT2D eigenvalue weighted by Crippen LogP contribution is 2.30. The van der Waals surface area contributed by atoms with E-state index in [9.17, 15) is 4.39 Å². The average Bonchev–Trinajstić information content (AvgIpc) is 2.97. The van der Waals surface area contributed by atoms with Gasteiger partial charge in [-0.2, -0.15) is 0 Å². The fraction of sp³-hybridized carbons (Fsp3) is 0.0667. The van der Waals surface area contributed by atoms with E-state index in [1.54, 1.807) is 6.07 Å². The van der Waals surface area contributed by atoms with Gasteiger partial charge in [0, 0.05) is 18.7 Å². The Kier molecular flexibility index (Phi) is 2.49. The second-order valence-corrected chi connectivity index (χ2v) is 5.92. The summed E-state index contributed by atoms with van der Waals surface area (Å²) in [4.78, 5) is 8.78. The zero-order valence-corrected chi connectivity index (χ0v) is 12.0. The first-order valence-corrected chi connectivity index (χ1v) is 7.22. The van der Waals surface area contributed by atoms with Crippen molar-refractivity contribution in [2.45, 2.75) is 0 Å². The Labute approximate surface area is 123 Å². The lowest BCUT2D eigenvalue weighted by molar-refractivity contribution is 0.629. The molecule has 0 saturated heterocycles. The van der Waals surface area contributed by atoms with Crippen LogP contribution in [0.5, 0.6) is 0 Å². The fourth-order valence-corrected chi connectivity index (χ4v) is 3.29. The molecule has 0 fully saturated rings. The SMILES string of the molecule is Cn1c(-c2ccc3nc(N)sc3c2)nc2cc(F)ccc21. The molecule has 0 atom stereocenters. The van der Waals surface area contributed by atoms with E-state index >= 15 is 0 Å². The summed E-state index contributed by atoms with van der Waals surface area (Å²) in [6.07, 6.45) is 0. The molecule has 4 aromatic rings. The van der Waals surface area contributed by atoms with Crippen LogP contribution in [0, 0.1) is 5.82 Å². The first kappa shape index (κ1) is 12.3. The molecule has 0 amide bonds. The Morgan fingerprint density at radius 2 is 1.95 bits per heavy atom. The van der Waals surface area contributed by atoms with E-state index in [0.717, 1.165) is 27.1 Å². The molecule has 2 heterocycles. The van der Waals surface area contributed by atoms with Gasteiger partial charge in [-0.25, -0.2) is 14.4 Å². The topological polar surface area (TPSA) is 56.7 Å². The third-order valence-corrected chi connectivity index (χ3v) is 4.35. The maximum absolute atomic E-state index is 13.3. The monoisotopic (exact) mass is 298 g/mol. The standard InChI is InChI=1S/C15H11FN4S/c1-20-12-5-3-9(16)7-11(12)18-14(20)8-2-4-10-13(6-8)21-15(17)19-10/h2-7H,1H3,(H2,17,19). The Hall–Kier alpha value is -2.47. The van der Waals surface area contributed by atoms with E-state index in [2.05, 4.69) is 9.97 Å². The second-order valence-electron chi connectivity index (χ2n) is 4.86. The number of fused-ring (bicyclic) bond motifs is 2. The van der Waals surface area contributed by atoms with Gasteiger partial charge in [0.05, 0.1) is 21.3 Å². The molecule has 21 heavy (non-hydrogen) atoms. The number of benzene rings is 2. The lowest BCUT2D eigenvalue weighted by atomic mass is 10.2. The molecular formula is C15H11FN4S. The van der Waals surface area contributed by atoms with Crippen LogP contribution < -0.4 is 5.73 Å². The highest BCUT2D eigenvalue weighted by atomic mass is 32.1. The summed E-state index contributed by atoms with van der Waals surface area (Å²) in [6.45, 7) is 0. The van der Waals surface area contributed by atoms with Crippen molar-refractivity contribution in [2.24, 2.45) is 7.05 Å². The minimum Gasteiger partial charge on any atom is -0.375 e. The third kappa shape index (κ3) is 1.87. The van der Waals surface area contributed by atoms with Crippen molar-refractivity contribution in [1.82, 2.24) is 14.5 Å². The molecule has 0 aliphatic carbocycles. The molecule has 6 heteroatoms. The Morgan fingerprint density at radius 1 is 1.10 bits per heavy atom. The van der Waals surface area contributed by atoms with Gasteiger partial charge in [0.25, 0.3) is 0 Å². The van der Waals surface area contributed by atoms with Crippen molar-refractivity contribution in [3.63, 3.8) is 0 Å². The molecule has 0 bridgehead atoms. The summed E-state index contributed by atoms with van der Waals surface area (Å²) in [5, 5.41) is 0.550. The number of hydrogen-bond donors (Lipinski definition) is 1. The second kappa shape index (κ2) is 4.26. The fourth-order valence-electron chi connectivity index (χ4n) is 2.51. The molecule has 0 spiro atoms. The number of aryl methyl sites for hydroxylation is 1. The van der Waals surface area contributed by atoms with Crippen molar-refractivity contribution < 1.29 is 4.39 Å². The summed E-state index contributed by atoms with van der Waals surface area (Å²) in [5.74, 6) is 0.516. The van der Waals surface area contributed by atoms with Crippen LogP contribution in [-0.4, -0.2) is 14.5 Å². The highest BCUT2D eigenvalue weighted by Gasteiger charge is 2.12.